The summed E-state index contributed by atoms with van der Waals surface area (Å²) in [7, 11) is 0. The minimum absolute atomic E-state index is 0.175. The fourth-order valence-electron chi connectivity index (χ4n) is 3.09. The van der Waals surface area contributed by atoms with E-state index in [0.29, 0.717) is 0 Å². The molecule has 2 nitrogen and oxygen atoms in total. The normalized spacial score (nSPS) is 20.8. The standard InChI is InChI=1S/C16H34N2/c1-3-4-5-6-10-13-16(2,14-17)18-15-11-8-7-9-12-15/h15,18H,3-14,17H2,1-2H3. The number of nitrogens with one attached hydrogen (secondary N) is 1. The first-order valence-corrected chi connectivity index (χ1v) is 8.18. The topological polar surface area (TPSA) is 38.0 Å². The van der Waals surface area contributed by atoms with Crippen LogP contribution in [0.1, 0.15) is 84.5 Å². The van der Waals surface area contributed by atoms with E-state index in [1.165, 1.54) is 70.6 Å². The number of unbranched alkanes of at least 4 members (excludes halogenated alkanes) is 4. The third kappa shape index (κ3) is 6.19. The van der Waals surface area contributed by atoms with Gasteiger partial charge in [-0.25, -0.2) is 0 Å². The van der Waals surface area contributed by atoms with Gasteiger partial charge < -0.3 is 11.1 Å². The lowest BCUT2D eigenvalue weighted by Crippen LogP contribution is -2.53. The zero-order chi connectivity index (χ0) is 13.3. The summed E-state index contributed by atoms with van der Waals surface area (Å²) in [4.78, 5) is 0. The van der Waals surface area contributed by atoms with Crippen LogP contribution in [0.15, 0.2) is 0 Å². The first kappa shape index (κ1) is 16.0. The highest BCUT2D eigenvalue weighted by Gasteiger charge is 2.26. The van der Waals surface area contributed by atoms with Crippen molar-refractivity contribution in [2.75, 3.05) is 6.54 Å². The van der Waals surface area contributed by atoms with Gasteiger partial charge in [-0.2, -0.15) is 0 Å². The maximum Gasteiger partial charge on any atom is 0.0278 e. The van der Waals surface area contributed by atoms with Crippen LogP contribution in [0.4, 0.5) is 0 Å². The lowest BCUT2D eigenvalue weighted by atomic mass is 9.89. The second-order valence-electron chi connectivity index (χ2n) is 6.41. The average molecular weight is 254 g/mol. The third-order valence-corrected chi connectivity index (χ3v) is 4.44. The molecule has 18 heavy (non-hydrogen) atoms. The van der Waals surface area contributed by atoms with Crippen molar-refractivity contribution in [3.63, 3.8) is 0 Å². The smallest absolute Gasteiger partial charge is 0.0278 e. The zero-order valence-corrected chi connectivity index (χ0v) is 12.6. The molecule has 1 saturated carbocycles. The molecule has 0 radical (unpaired) electrons. The number of nitrogens with two attached hydrogens (primary N) is 1. The summed E-state index contributed by atoms with van der Waals surface area (Å²) in [5, 5.41) is 3.85. The maximum absolute atomic E-state index is 6.00. The van der Waals surface area contributed by atoms with Crippen LogP contribution in [0.25, 0.3) is 0 Å². The second kappa shape index (κ2) is 8.92. The van der Waals surface area contributed by atoms with Crippen molar-refractivity contribution in [1.82, 2.24) is 5.32 Å². The SMILES string of the molecule is CCCCCCCC(C)(CN)NC1CCCCC1. The Morgan fingerprint density at radius 3 is 2.33 bits per heavy atom. The van der Waals surface area contributed by atoms with E-state index in [2.05, 4.69) is 19.2 Å². The summed E-state index contributed by atoms with van der Waals surface area (Å²) >= 11 is 0. The Balaban J connectivity index is 2.22. The molecule has 3 N–H and O–H groups in total. The Hall–Kier alpha value is -0.0800. The van der Waals surface area contributed by atoms with Crippen molar-refractivity contribution in [1.29, 1.82) is 0 Å². The van der Waals surface area contributed by atoms with Gasteiger partial charge in [0, 0.05) is 18.1 Å². The van der Waals surface area contributed by atoms with Crippen LogP contribution in [0.3, 0.4) is 0 Å². The van der Waals surface area contributed by atoms with Crippen molar-refractivity contribution in [3.05, 3.63) is 0 Å². The molecule has 108 valence electrons. The van der Waals surface area contributed by atoms with Crippen LogP contribution in [-0.4, -0.2) is 18.1 Å². The summed E-state index contributed by atoms with van der Waals surface area (Å²) < 4.78 is 0. The maximum atomic E-state index is 6.00. The molecule has 0 aromatic heterocycles. The fraction of sp³-hybridized carbons (Fsp3) is 1.00. The van der Waals surface area contributed by atoms with Gasteiger partial charge in [0.2, 0.25) is 0 Å². The number of hydrogen-bond donors (Lipinski definition) is 2. The van der Waals surface area contributed by atoms with Crippen LogP contribution in [0.2, 0.25) is 0 Å². The van der Waals surface area contributed by atoms with E-state index in [-0.39, 0.29) is 5.54 Å². The highest BCUT2D eigenvalue weighted by atomic mass is 15.0. The highest BCUT2D eigenvalue weighted by molar-refractivity contribution is 4.88. The van der Waals surface area contributed by atoms with Gasteiger partial charge in [-0.3, -0.25) is 0 Å². The van der Waals surface area contributed by atoms with Gasteiger partial charge >= 0.3 is 0 Å². The summed E-state index contributed by atoms with van der Waals surface area (Å²) in [6, 6.07) is 0.725. The van der Waals surface area contributed by atoms with Crippen LogP contribution in [-0.2, 0) is 0 Å². The van der Waals surface area contributed by atoms with Gasteiger partial charge in [-0.1, -0.05) is 58.3 Å². The Morgan fingerprint density at radius 1 is 1.06 bits per heavy atom. The van der Waals surface area contributed by atoms with Crippen LogP contribution in [0, 0.1) is 0 Å². The Labute approximate surface area is 114 Å². The van der Waals surface area contributed by atoms with Gasteiger partial charge in [0.25, 0.3) is 0 Å². The zero-order valence-electron chi connectivity index (χ0n) is 12.6. The molecule has 2 heteroatoms. The minimum Gasteiger partial charge on any atom is -0.329 e. The molecule has 1 aliphatic rings. The van der Waals surface area contributed by atoms with Crippen molar-refractivity contribution >= 4 is 0 Å². The Bertz CT molecular complexity index is 199. The molecule has 0 bridgehead atoms. The molecule has 0 spiro atoms. The van der Waals surface area contributed by atoms with E-state index in [1.807, 2.05) is 0 Å². The largest absolute Gasteiger partial charge is 0.329 e. The molecule has 0 aliphatic heterocycles. The predicted octanol–water partition coefficient (Wildman–Crippen LogP) is 3.99. The number of rotatable bonds is 9. The van der Waals surface area contributed by atoms with Gasteiger partial charge in [-0.15, -0.1) is 0 Å². The molecule has 1 rings (SSSR count). The summed E-state index contributed by atoms with van der Waals surface area (Å²) in [6.07, 6.45) is 15.0. The van der Waals surface area contributed by atoms with E-state index >= 15 is 0 Å². The summed E-state index contributed by atoms with van der Waals surface area (Å²) in [5.41, 5.74) is 6.18. The van der Waals surface area contributed by atoms with E-state index in [1.54, 1.807) is 0 Å². The van der Waals surface area contributed by atoms with Crippen LogP contribution in [0.5, 0.6) is 0 Å². The first-order valence-electron chi connectivity index (χ1n) is 8.18. The van der Waals surface area contributed by atoms with Gasteiger partial charge in [0.1, 0.15) is 0 Å². The van der Waals surface area contributed by atoms with Crippen molar-refractivity contribution in [2.24, 2.45) is 5.73 Å². The monoisotopic (exact) mass is 254 g/mol. The molecule has 1 atom stereocenters. The second-order valence-corrected chi connectivity index (χ2v) is 6.41. The number of hydrogen-bond acceptors (Lipinski definition) is 2. The molecule has 0 saturated heterocycles. The predicted molar refractivity (Wildman–Crippen MR) is 80.8 cm³/mol. The first-order chi connectivity index (χ1) is 8.70. The molecule has 0 amide bonds. The molecular formula is C16H34N2. The lowest BCUT2D eigenvalue weighted by Gasteiger charge is -2.36. The quantitative estimate of drug-likeness (QED) is 0.611. The van der Waals surface area contributed by atoms with Gasteiger partial charge in [0.05, 0.1) is 0 Å². The summed E-state index contributed by atoms with van der Waals surface area (Å²) in [6.45, 7) is 5.37. The van der Waals surface area contributed by atoms with E-state index in [0.717, 1.165) is 12.6 Å². The molecule has 0 heterocycles. The minimum atomic E-state index is 0.175. The fourth-order valence-corrected chi connectivity index (χ4v) is 3.09. The van der Waals surface area contributed by atoms with Crippen LogP contribution >= 0.6 is 0 Å². The molecule has 1 unspecified atom stereocenters. The highest BCUT2D eigenvalue weighted by Crippen LogP contribution is 2.22. The van der Waals surface area contributed by atoms with Crippen LogP contribution < -0.4 is 11.1 Å². The molecule has 0 aromatic carbocycles. The molecule has 0 aromatic rings. The van der Waals surface area contributed by atoms with Crippen molar-refractivity contribution in [3.8, 4) is 0 Å². The lowest BCUT2D eigenvalue weighted by molar-refractivity contribution is 0.250. The Morgan fingerprint density at radius 2 is 1.72 bits per heavy atom. The summed E-state index contributed by atoms with van der Waals surface area (Å²) in [5.74, 6) is 0. The molecule has 1 fully saturated rings. The average Bonchev–Trinajstić information content (AvgIpc) is 2.40. The Kier molecular flexibility index (Phi) is 7.92. The molecular weight excluding hydrogens is 220 g/mol. The van der Waals surface area contributed by atoms with Crippen molar-refractivity contribution in [2.45, 2.75) is 96.1 Å². The van der Waals surface area contributed by atoms with E-state index in [9.17, 15) is 0 Å². The van der Waals surface area contributed by atoms with E-state index in [4.69, 9.17) is 5.73 Å². The van der Waals surface area contributed by atoms with E-state index < -0.39 is 0 Å². The third-order valence-electron chi connectivity index (χ3n) is 4.44. The van der Waals surface area contributed by atoms with Gasteiger partial charge in [-0.05, 0) is 26.2 Å². The van der Waals surface area contributed by atoms with Gasteiger partial charge in [0.15, 0.2) is 0 Å². The molecule has 1 aliphatic carbocycles. The van der Waals surface area contributed by atoms with Crippen molar-refractivity contribution < 1.29 is 0 Å².